The summed E-state index contributed by atoms with van der Waals surface area (Å²) in [6.45, 7) is 1.47. The Kier molecular flexibility index (Phi) is 7.30. The van der Waals surface area contributed by atoms with E-state index in [2.05, 4.69) is 4.74 Å². The number of rotatable bonds is 5. The maximum atomic E-state index is 14.2. The first-order valence-corrected chi connectivity index (χ1v) is 15.2. The number of amides is 2. The Morgan fingerprint density at radius 1 is 0.896 bits per heavy atom. The number of hydrogen-bond donors (Lipinski definition) is 1. The second-order valence-electron chi connectivity index (χ2n) is 12.3. The molecule has 0 spiro atoms. The van der Waals surface area contributed by atoms with E-state index in [1.807, 2.05) is 0 Å². The Labute approximate surface area is 271 Å². The van der Waals surface area contributed by atoms with Crippen LogP contribution in [-0.2, 0) is 19.2 Å². The zero-order valence-electron chi connectivity index (χ0n) is 25.3. The number of phenols is 1. The largest absolute Gasteiger partial charge is 0.573 e. The number of fused-ring (bicyclic) bond motifs is 3. The van der Waals surface area contributed by atoms with Gasteiger partial charge in [0.15, 0.2) is 17.3 Å². The van der Waals surface area contributed by atoms with Gasteiger partial charge in [-0.15, -0.1) is 13.2 Å². The summed E-state index contributed by atoms with van der Waals surface area (Å²) < 4.78 is 43.5. The molecule has 8 nitrogen and oxygen atoms in total. The number of hydrogen-bond acceptors (Lipinski definition) is 7. The number of alkyl halides is 3. The van der Waals surface area contributed by atoms with Gasteiger partial charge < -0.3 is 9.84 Å². The second kappa shape index (κ2) is 11.3. The SMILES string of the molecule is CC1=CC(=O)C2=C(C[C@@H]3C(=CC[C@@H]4C(=O)N(c5ccc(C(=O)c6ccccc6)cc5)C(=O)[C@@H]43)[C@@H]2c2cc(OC(F)(F)F)ccc2O)C1=O. The van der Waals surface area contributed by atoms with Gasteiger partial charge in [-0.2, -0.15) is 0 Å². The van der Waals surface area contributed by atoms with Gasteiger partial charge >= 0.3 is 6.36 Å². The Bertz CT molecular complexity index is 2030. The summed E-state index contributed by atoms with van der Waals surface area (Å²) in [5, 5.41) is 10.9. The highest BCUT2D eigenvalue weighted by Gasteiger charge is 2.57. The summed E-state index contributed by atoms with van der Waals surface area (Å²) in [7, 11) is 0. The summed E-state index contributed by atoms with van der Waals surface area (Å²) in [4.78, 5) is 68.9. The van der Waals surface area contributed by atoms with Crippen LogP contribution in [0.15, 0.2) is 107 Å². The molecule has 1 saturated heterocycles. The summed E-state index contributed by atoms with van der Waals surface area (Å²) in [6.07, 6.45) is -2.15. The molecule has 0 radical (unpaired) electrons. The minimum absolute atomic E-state index is 0.0123. The Morgan fingerprint density at radius 2 is 1.58 bits per heavy atom. The van der Waals surface area contributed by atoms with Crippen LogP contribution in [0, 0.1) is 17.8 Å². The first kappa shape index (κ1) is 31.0. The van der Waals surface area contributed by atoms with E-state index in [1.54, 1.807) is 36.4 Å². The van der Waals surface area contributed by atoms with Crippen molar-refractivity contribution < 1.29 is 47.0 Å². The fourth-order valence-corrected chi connectivity index (χ4v) is 7.47. The Hall–Kier alpha value is -5.58. The van der Waals surface area contributed by atoms with Crippen molar-refractivity contribution in [3.63, 3.8) is 0 Å². The first-order chi connectivity index (χ1) is 22.8. The third-order valence-corrected chi connectivity index (χ3v) is 9.53. The van der Waals surface area contributed by atoms with E-state index in [-0.39, 0.29) is 46.6 Å². The van der Waals surface area contributed by atoms with Gasteiger partial charge in [0.1, 0.15) is 11.5 Å². The van der Waals surface area contributed by atoms with Crippen molar-refractivity contribution in [3.05, 3.63) is 124 Å². The number of ketones is 3. The predicted molar refractivity (Wildman–Crippen MR) is 165 cm³/mol. The number of benzene rings is 3. The molecule has 3 aliphatic carbocycles. The number of imide groups is 1. The number of halogens is 3. The van der Waals surface area contributed by atoms with Crippen molar-refractivity contribution in [1.29, 1.82) is 0 Å². The molecule has 1 aliphatic heterocycles. The molecule has 1 N–H and O–H groups in total. The van der Waals surface area contributed by atoms with E-state index in [1.165, 1.54) is 31.2 Å². The van der Waals surface area contributed by atoms with Crippen LogP contribution in [0.5, 0.6) is 11.5 Å². The van der Waals surface area contributed by atoms with Gasteiger partial charge in [-0.1, -0.05) is 42.0 Å². The van der Waals surface area contributed by atoms with E-state index in [4.69, 9.17) is 0 Å². The van der Waals surface area contributed by atoms with Gasteiger partial charge in [-0.25, -0.2) is 0 Å². The van der Waals surface area contributed by atoms with Gasteiger partial charge in [-0.3, -0.25) is 28.9 Å². The quantitative estimate of drug-likeness (QED) is 0.152. The van der Waals surface area contributed by atoms with Crippen molar-refractivity contribution in [1.82, 2.24) is 0 Å². The average molecular weight is 654 g/mol. The highest BCUT2D eigenvalue weighted by Crippen LogP contribution is 2.56. The van der Waals surface area contributed by atoms with E-state index in [0.29, 0.717) is 16.7 Å². The van der Waals surface area contributed by atoms with Crippen LogP contribution in [0.1, 0.15) is 47.2 Å². The minimum Gasteiger partial charge on any atom is -0.508 e. The lowest BCUT2D eigenvalue weighted by atomic mass is 9.59. The minimum atomic E-state index is -5.03. The smallest absolute Gasteiger partial charge is 0.508 e. The van der Waals surface area contributed by atoms with Crippen molar-refractivity contribution >= 4 is 34.9 Å². The number of allylic oxidation sites excluding steroid dienone is 6. The standard InChI is InChI=1S/C37H26F3NO7/c1-18-15-29(43)32-27(33(18)44)17-25-23(30(32)26-16-22(11-14-28(26)42)48-37(38,39)40)12-13-24-31(25)36(47)41(35(24)46)21-9-7-20(8-10-21)34(45)19-5-3-2-4-6-19/h2-12,14-16,24-25,30-31,42H,13,17H2,1H3/t24-,25+,30+,31-/m0/s1. The number of nitrogens with zero attached hydrogens (tertiary/aromatic N) is 1. The summed E-state index contributed by atoms with van der Waals surface area (Å²) in [6, 6.07) is 17.7. The lowest BCUT2D eigenvalue weighted by Gasteiger charge is -2.42. The van der Waals surface area contributed by atoms with Crippen LogP contribution < -0.4 is 9.64 Å². The zero-order valence-corrected chi connectivity index (χ0v) is 25.3. The highest BCUT2D eigenvalue weighted by molar-refractivity contribution is 6.25. The summed E-state index contributed by atoms with van der Waals surface area (Å²) in [5.74, 6) is -7.00. The van der Waals surface area contributed by atoms with Crippen molar-refractivity contribution in [2.75, 3.05) is 4.90 Å². The van der Waals surface area contributed by atoms with E-state index < -0.39 is 64.9 Å². The topological polar surface area (TPSA) is 118 Å². The number of phenolic OH excluding ortho intramolecular Hbond substituents is 1. The summed E-state index contributed by atoms with van der Waals surface area (Å²) in [5.41, 5.74) is 1.73. The lowest BCUT2D eigenvalue weighted by Crippen LogP contribution is -2.39. The third-order valence-electron chi connectivity index (χ3n) is 9.53. The van der Waals surface area contributed by atoms with Gasteiger partial charge in [0.05, 0.1) is 17.5 Å². The molecule has 0 saturated carbocycles. The first-order valence-electron chi connectivity index (χ1n) is 15.2. The third kappa shape index (κ3) is 5.06. The predicted octanol–water partition coefficient (Wildman–Crippen LogP) is 6.16. The molecule has 3 aromatic carbocycles. The van der Waals surface area contributed by atoms with Gasteiger partial charge in [0.2, 0.25) is 11.8 Å². The number of anilines is 1. The molecule has 0 unspecified atom stereocenters. The van der Waals surface area contributed by atoms with Crippen molar-refractivity contribution in [3.8, 4) is 11.5 Å². The molecule has 0 bridgehead atoms. The fraction of sp³-hybridized carbons (Fsp3) is 0.216. The fourth-order valence-electron chi connectivity index (χ4n) is 7.47. The van der Waals surface area contributed by atoms with Gasteiger partial charge in [0, 0.05) is 39.3 Å². The maximum Gasteiger partial charge on any atom is 0.573 e. The van der Waals surface area contributed by atoms with Crippen LogP contribution in [0.4, 0.5) is 18.9 Å². The lowest BCUT2D eigenvalue weighted by molar-refractivity contribution is -0.274. The molecule has 7 rings (SSSR count). The van der Waals surface area contributed by atoms with Crippen molar-refractivity contribution in [2.24, 2.45) is 17.8 Å². The number of aromatic hydroxyl groups is 1. The van der Waals surface area contributed by atoms with Gasteiger partial charge in [-0.05, 0) is 74.2 Å². The van der Waals surface area contributed by atoms with Crippen LogP contribution in [0.25, 0.3) is 0 Å². The molecule has 0 aromatic heterocycles. The maximum absolute atomic E-state index is 14.2. The molecular weight excluding hydrogens is 627 g/mol. The van der Waals surface area contributed by atoms with Crippen LogP contribution in [0.3, 0.4) is 0 Å². The monoisotopic (exact) mass is 653 g/mol. The Balaban J connectivity index is 1.27. The number of ether oxygens (including phenoxy) is 1. The molecule has 242 valence electrons. The molecular formula is C37H26F3NO7. The molecule has 4 aliphatic rings. The molecule has 4 atom stereocenters. The van der Waals surface area contributed by atoms with Crippen LogP contribution in [-0.4, -0.2) is 40.6 Å². The van der Waals surface area contributed by atoms with E-state index in [0.717, 1.165) is 29.2 Å². The average Bonchev–Trinajstić information content (AvgIpc) is 3.32. The highest BCUT2D eigenvalue weighted by atomic mass is 19.4. The van der Waals surface area contributed by atoms with Gasteiger partial charge in [0.25, 0.3) is 0 Å². The molecule has 1 heterocycles. The summed E-state index contributed by atoms with van der Waals surface area (Å²) >= 11 is 0. The normalized spacial score (nSPS) is 23.7. The van der Waals surface area contributed by atoms with Crippen molar-refractivity contribution in [2.45, 2.75) is 32.0 Å². The second-order valence-corrected chi connectivity index (χ2v) is 12.3. The van der Waals surface area contributed by atoms with Crippen LogP contribution in [0.2, 0.25) is 0 Å². The van der Waals surface area contributed by atoms with E-state index >= 15 is 0 Å². The molecule has 11 heteroatoms. The number of carbonyl (C=O) groups excluding carboxylic acids is 5. The molecule has 48 heavy (non-hydrogen) atoms. The molecule has 1 fully saturated rings. The van der Waals surface area contributed by atoms with Crippen LogP contribution >= 0.6 is 0 Å². The number of Topliss-reactive ketones (excluding diaryl/α,β-unsaturated/α-hetero) is 1. The Morgan fingerprint density at radius 3 is 2.27 bits per heavy atom. The molecule has 2 amide bonds. The number of carbonyl (C=O) groups is 5. The molecule has 3 aromatic rings. The van der Waals surface area contributed by atoms with E-state index in [9.17, 15) is 42.3 Å². The zero-order chi connectivity index (χ0) is 34.1.